The maximum Gasteiger partial charge on any atom is 0.114 e. The van der Waals surface area contributed by atoms with E-state index in [4.69, 9.17) is 0 Å². The second-order valence-corrected chi connectivity index (χ2v) is 5.70. The van der Waals surface area contributed by atoms with E-state index >= 15 is 0 Å². The Labute approximate surface area is 124 Å². The molecule has 0 aliphatic carbocycles. The van der Waals surface area contributed by atoms with E-state index in [2.05, 4.69) is 77.5 Å². The topological polar surface area (TPSA) is 19.0 Å². The molecule has 21 heavy (non-hydrogen) atoms. The molecular weight excluding hydrogens is 256 g/mol. The summed E-state index contributed by atoms with van der Waals surface area (Å²) in [6.07, 6.45) is 4.48. The molecule has 0 atom stereocenters. The predicted molar refractivity (Wildman–Crippen MR) is 89.6 cm³/mol. The van der Waals surface area contributed by atoms with Gasteiger partial charge < -0.3 is 9.88 Å². The van der Waals surface area contributed by atoms with Gasteiger partial charge in [0.15, 0.2) is 0 Å². The lowest BCUT2D eigenvalue weighted by Crippen LogP contribution is -2.25. The van der Waals surface area contributed by atoms with E-state index in [9.17, 15) is 0 Å². The zero-order valence-corrected chi connectivity index (χ0v) is 12.1. The Hall–Kier alpha value is -2.48. The minimum Gasteiger partial charge on any atom is -0.350 e. The van der Waals surface area contributed by atoms with Gasteiger partial charge >= 0.3 is 0 Å². The molecule has 2 heterocycles. The summed E-state index contributed by atoms with van der Waals surface area (Å²) in [5, 5.41) is 1.30. The number of nitrogens with one attached hydrogen (secondary N) is 1. The van der Waals surface area contributed by atoms with Crippen LogP contribution < -0.4 is 4.90 Å². The lowest BCUT2D eigenvalue weighted by molar-refractivity contribution is 0.847. The summed E-state index contributed by atoms with van der Waals surface area (Å²) in [6, 6.07) is 17.3. The van der Waals surface area contributed by atoms with Crippen LogP contribution in [0.2, 0.25) is 0 Å². The second kappa shape index (κ2) is 4.81. The number of hydrogen-bond donors (Lipinski definition) is 1. The minimum atomic E-state index is 0.935. The van der Waals surface area contributed by atoms with Crippen molar-refractivity contribution in [2.75, 3.05) is 11.4 Å². The molecule has 0 bridgehead atoms. The van der Waals surface area contributed by atoms with Gasteiger partial charge in [-0.15, -0.1) is 0 Å². The zero-order valence-electron chi connectivity index (χ0n) is 12.1. The van der Waals surface area contributed by atoms with Crippen LogP contribution in [-0.2, 0) is 6.54 Å². The molecule has 1 N–H and O–H groups in total. The van der Waals surface area contributed by atoms with Gasteiger partial charge in [-0.25, -0.2) is 0 Å². The summed E-state index contributed by atoms with van der Waals surface area (Å²) < 4.78 is 0. The van der Waals surface area contributed by atoms with Crippen molar-refractivity contribution in [1.29, 1.82) is 0 Å². The van der Waals surface area contributed by atoms with Gasteiger partial charge in [0.2, 0.25) is 0 Å². The van der Waals surface area contributed by atoms with Crippen LogP contribution in [0.5, 0.6) is 0 Å². The molecule has 1 aromatic heterocycles. The van der Waals surface area contributed by atoms with Crippen LogP contribution in [0.3, 0.4) is 0 Å². The monoisotopic (exact) mass is 274 g/mol. The third-order valence-corrected chi connectivity index (χ3v) is 4.15. The Bertz CT molecular complexity index is 809. The summed E-state index contributed by atoms with van der Waals surface area (Å²) in [4.78, 5) is 5.98. The molecular formula is C19H18N2. The highest BCUT2D eigenvalue weighted by molar-refractivity contribution is 5.96. The molecule has 2 heteroatoms. The molecule has 0 saturated heterocycles. The molecule has 1 aliphatic rings. The lowest BCUT2D eigenvalue weighted by Gasteiger charge is -2.25. The average Bonchev–Trinajstić information content (AvgIpc) is 2.89. The highest BCUT2D eigenvalue weighted by Gasteiger charge is 2.18. The zero-order chi connectivity index (χ0) is 14.2. The third-order valence-electron chi connectivity index (χ3n) is 4.15. The normalized spacial score (nSPS) is 13.7. The highest BCUT2D eigenvalue weighted by atomic mass is 15.2. The Balaban J connectivity index is 1.73. The fourth-order valence-electron chi connectivity index (χ4n) is 3.01. The van der Waals surface area contributed by atoms with Crippen LogP contribution in [0.25, 0.3) is 17.0 Å². The molecule has 0 radical (unpaired) electrons. The van der Waals surface area contributed by atoms with Gasteiger partial charge in [0, 0.05) is 29.6 Å². The van der Waals surface area contributed by atoms with Crippen LogP contribution >= 0.6 is 0 Å². The predicted octanol–water partition coefficient (Wildman–Crippen LogP) is 4.51. The first-order chi connectivity index (χ1) is 10.3. The number of benzene rings is 2. The van der Waals surface area contributed by atoms with E-state index in [-0.39, 0.29) is 0 Å². The molecule has 4 rings (SSSR count). The number of nitrogens with zero attached hydrogens (tertiary/aromatic N) is 1. The maximum atomic E-state index is 3.57. The lowest BCUT2D eigenvalue weighted by atomic mass is 10.1. The number of aromatic nitrogens is 1. The molecule has 104 valence electrons. The summed E-state index contributed by atoms with van der Waals surface area (Å²) in [6.45, 7) is 4.02. The van der Waals surface area contributed by atoms with E-state index in [0.717, 1.165) is 13.1 Å². The smallest absolute Gasteiger partial charge is 0.114 e. The fraction of sp³-hybridized carbons (Fsp3) is 0.158. The Morgan fingerprint density at radius 1 is 1.05 bits per heavy atom. The summed E-state index contributed by atoms with van der Waals surface area (Å²) in [7, 11) is 0. The van der Waals surface area contributed by atoms with Gasteiger partial charge in [-0.05, 0) is 18.6 Å². The first-order valence-electron chi connectivity index (χ1n) is 7.39. The largest absolute Gasteiger partial charge is 0.350 e. The molecule has 2 nitrogen and oxygen atoms in total. The van der Waals surface area contributed by atoms with Crippen molar-refractivity contribution in [3.8, 4) is 0 Å². The van der Waals surface area contributed by atoms with E-state index in [1.807, 2.05) is 0 Å². The molecule has 0 unspecified atom stereocenters. The van der Waals surface area contributed by atoms with Gasteiger partial charge in [0.1, 0.15) is 5.82 Å². The van der Waals surface area contributed by atoms with Gasteiger partial charge in [0.25, 0.3) is 0 Å². The molecule has 1 aliphatic heterocycles. The number of aryl methyl sites for hydroxylation is 1. The Kier molecular flexibility index (Phi) is 2.81. The number of fused-ring (bicyclic) bond motifs is 3. The molecule has 2 aromatic carbocycles. The van der Waals surface area contributed by atoms with E-state index < -0.39 is 0 Å². The Morgan fingerprint density at radius 3 is 2.71 bits per heavy atom. The van der Waals surface area contributed by atoms with Crippen molar-refractivity contribution in [3.63, 3.8) is 0 Å². The molecule has 3 aromatic rings. The van der Waals surface area contributed by atoms with Crippen molar-refractivity contribution in [2.45, 2.75) is 13.5 Å². The molecule has 0 amide bonds. The number of hydrogen-bond acceptors (Lipinski definition) is 1. The van der Waals surface area contributed by atoms with Gasteiger partial charge in [-0.1, -0.05) is 60.2 Å². The van der Waals surface area contributed by atoms with Crippen molar-refractivity contribution in [2.24, 2.45) is 0 Å². The van der Waals surface area contributed by atoms with Crippen LogP contribution in [0.1, 0.15) is 16.7 Å². The standard InChI is InChI=1S/C19H18N2/c1-14-8-10-15(11-9-14)13-21-12-4-6-17-16-5-2-3-7-18(16)20-19(17)21/h2-11,20H,12-13H2,1H3. The maximum absolute atomic E-state index is 3.57. The first-order valence-corrected chi connectivity index (χ1v) is 7.39. The Morgan fingerprint density at radius 2 is 1.86 bits per heavy atom. The van der Waals surface area contributed by atoms with Crippen LogP contribution in [-0.4, -0.2) is 11.5 Å². The van der Waals surface area contributed by atoms with Crippen molar-refractivity contribution in [1.82, 2.24) is 4.98 Å². The van der Waals surface area contributed by atoms with Crippen molar-refractivity contribution in [3.05, 3.63) is 71.3 Å². The van der Waals surface area contributed by atoms with E-state index in [1.165, 1.54) is 33.4 Å². The highest BCUT2D eigenvalue weighted by Crippen LogP contribution is 2.33. The summed E-state index contributed by atoms with van der Waals surface area (Å²) in [5.74, 6) is 1.24. The van der Waals surface area contributed by atoms with Crippen molar-refractivity contribution < 1.29 is 0 Å². The average molecular weight is 274 g/mol. The first kappa shape index (κ1) is 12.3. The van der Waals surface area contributed by atoms with Crippen LogP contribution in [0, 0.1) is 6.92 Å². The fourth-order valence-corrected chi connectivity index (χ4v) is 3.01. The second-order valence-electron chi connectivity index (χ2n) is 5.70. The molecule has 0 fully saturated rings. The molecule has 0 saturated carbocycles. The van der Waals surface area contributed by atoms with E-state index in [1.54, 1.807) is 0 Å². The SMILES string of the molecule is Cc1ccc(CN2CC=Cc3c2[nH]c2ccccc32)cc1. The van der Waals surface area contributed by atoms with Crippen LogP contribution in [0.4, 0.5) is 5.82 Å². The number of para-hydroxylation sites is 1. The number of H-pyrrole nitrogens is 1. The van der Waals surface area contributed by atoms with E-state index in [0.29, 0.717) is 0 Å². The van der Waals surface area contributed by atoms with Gasteiger partial charge in [0.05, 0.1) is 0 Å². The third kappa shape index (κ3) is 2.13. The minimum absolute atomic E-state index is 0.935. The number of rotatable bonds is 2. The molecule has 0 spiro atoms. The van der Waals surface area contributed by atoms with Crippen molar-refractivity contribution >= 4 is 22.8 Å². The number of anilines is 1. The van der Waals surface area contributed by atoms with Gasteiger partial charge in [-0.2, -0.15) is 0 Å². The summed E-state index contributed by atoms with van der Waals surface area (Å²) in [5.41, 5.74) is 5.18. The summed E-state index contributed by atoms with van der Waals surface area (Å²) >= 11 is 0. The quantitative estimate of drug-likeness (QED) is 0.728. The number of aromatic amines is 1. The van der Waals surface area contributed by atoms with Gasteiger partial charge in [-0.3, -0.25) is 0 Å². The van der Waals surface area contributed by atoms with Crippen LogP contribution in [0.15, 0.2) is 54.6 Å².